The molecule has 0 atom stereocenters. The Balaban J connectivity index is 2.30. The molecule has 0 bridgehead atoms. The van der Waals surface area contributed by atoms with Crippen molar-refractivity contribution < 1.29 is 14.3 Å². The molecule has 2 heterocycles. The predicted molar refractivity (Wildman–Crippen MR) is 76.2 cm³/mol. The smallest absolute Gasteiger partial charge is 0.329 e. The van der Waals surface area contributed by atoms with E-state index in [9.17, 15) is 18.8 Å². The predicted octanol–water partition coefficient (Wildman–Crippen LogP) is 0.909. The highest BCUT2D eigenvalue weighted by molar-refractivity contribution is 5.91. The highest BCUT2D eigenvalue weighted by atomic mass is 19.1. The lowest BCUT2D eigenvalue weighted by Gasteiger charge is -2.03. The first-order valence-electron chi connectivity index (χ1n) is 6.30. The van der Waals surface area contributed by atoms with Gasteiger partial charge in [0, 0.05) is 17.3 Å². The zero-order valence-corrected chi connectivity index (χ0v) is 11.1. The molecule has 0 aliphatic carbocycles. The van der Waals surface area contributed by atoms with Crippen LogP contribution in [-0.4, -0.2) is 25.6 Å². The molecule has 22 heavy (non-hydrogen) atoms. The van der Waals surface area contributed by atoms with Gasteiger partial charge in [0.05, 0.1) is 5.52 Å². The van der Waals surface area contributed by atoms with Gasteiger partial charge >= 0.3 is 11.7 Å². The van der Waals surface area contributed by atoms with Crippen LogP contribution in [0.5, 0.6) is 0 Å². The molecule has 112 valence electrons. The Hall–Kier alpha value is -3.16. The van der Waals surface area contributed by atoms with Gasteiger partial charge in [-0.1, -0.05) is 18.2 Å². The summed E-state index contributed by atoms with van der Waals surface area (Å²) in [5, 5.41) is 8.74. The monoisotopic (exact) mass is 303 g/mol. The molecule has 0 saturated heterocycles. The van der Waals surface area contributed by atoms with Crippen molar-refractivity contribution in [3.8, 4) is 11.1 Å². The number of carboxylic acids is 1. The quantitative estimate of drug-likeness (QED) is 0.668. The zero-order chi connectivity index (χ0) is 15.9. The Bertz CT molecular complexity index is 999. The molecule has 1 aromatic carbocycles. The first-order valence-corrected chi connectivity index (χ1v) is 6.30. The Labute approximate surface area is 121 Å². The highest BCUT2D eigenvalue weighted by Gasteiger charge is 2.16. The fourth-order valence-electron chi connectivity index (χ4n) is 2.29. The second-order valence-electron chi connectivity index (χ2n) is 4.65. The third kappa shape index (κ3) is 2.10. The molecule has 0 radical (unpaired) electrons. The number of nitrogens with one attached hydrogen (secondary N) is 2. The topological polar surface area (TPSA) is 108 Å². The van der Waals surface area contributed by atoms with Gasteiger partial charge in [0.25, 0.3) is 5.56 Å². The van der Waals surface area contributed by atoms with E-state index in [1.165, 1.54) is 24.4 Å². The third-order valence-corrected chi connectivity index (χ3v) is 3.27. The Morgan fingerprint density at radius 2 is 1.91 bits per heavy atom. The number of fused-ring (bicyclic) bond motifs is 1. The fourth-order valence-corrected chi connectivity index (χ4v) is 2.29. The van der Waals surface area contributed by atoms with E-state index in [1.54, 1.807) is 6.07 Å². The van der Waals surface area contributed by atoms with Crippen molar-refractivity contribution in [2.45, 2.75) is 6.54 Å². The van der Waals surface area contributed by atoms with Crippen molar-refractivity contribution in [3.05, 3.63) is 57.1 Å². The maximum Gasteiger partial charge on any atom is 0.329 e. The summed E-state index contributed by atoms with van der Waals surface area (Å²) >= 11 is 0. The number of carboxylic acid groups (broad SMARTS) is 1. The summed E-state index contributed by atoms with van der Waals surface area (Å²) in [6.07, 6.45) is 1.39. The highest BCUT2D eigenvalue weighted by Crippen LogP contribution is 2.27. The summed E-state index contributed by atoms with van der Waals surface area (Å²) in [5.41, 5.74) is -0.939. The Morgan fingerprint density at radius 1 is 1.18 bits per heavy atom. The van der Waals surface area contributed by atoms with Crippen LogP contribution >= 0.6 is 0 Å². The summed E-state index contributed by atoms with van der Waals surface area (Å²) in [6, 6.07) is 5.92. The van der Waals surface area contributed by atoms with E-state index in [0.717, 1.165) is 0 Å². The van der Waals surface area contributed by atoms with Gasteiger partial charge in [-0.2, -0.15) is 0 Å². The Kier molecular flexibility index (Phi) is 3.13. The molecule has 2 aromatic heterocycles. The summed E-state index contributed by atoms with van der Waals surface area (Å²) in [5.74, 6) is -1.81. The number of aromatic amines is 2. The molecule has 0 aliphatic rings. The lowest BCUT2D eigenvalue weighted by Crippen LogP contribution is -2.37. The summed E-state index contributed by atoms with van der Waals surface area (Å²) in [7, 11) is 0. The zero-order valence-electron chi connectivity index (χ0n) is 11.1. The Morgan fingerprint density at radius 3 is 2.59 bits per heavy atom. The van der Waals surface area contributed by atoms with Crippen LogP contribution in [0.25, 0.3) is 22.2 Å². The van der Waals surface area contributed by atoms with E-state index in [0.29, 0.717) is 10.1 Å². The lowest BCUT2D eigenvalue weighted by atomic mass is 10.1. The molecular weight excluding hydrogens is 293 g/mol. The largest absolute Gasteiger partial charge is 0.480 e. The standard InChI is InChI=1S/C14H10FN3O4/c15-9-4-2-1-3-7(9)8-5-16-12-11(8)17-14(22)18(13(12)21)6-10(19)20/h1-5,16H,6H2,(H,17,22)(H,19,20). The molecule has 0 fully saturated rings. The van der Waals surface area contributed by atoms with Crippen LogP contribution in [0.3, 0.4) is 0 Å². The molecule has 3 aromatic rings. The maximum absolute atomic E-state index is 13.9. The van der Waals surface area contributed by atoms with E-state index < -0.39 is 29.6 Å². The molecule has 3 N–H and O–H groups in total. The van der Waals surface area contributed by atoms with E-state index in [2.05, 4.69) is 9.97 Å². The average molecular weight is 303 g/mol. The first kappa shape index (κ1) is 13.8. The molecule has 0 unspecified atom stereocenters. The van der Waals surface area contributed by atoms with Gasteiger partial charge in [0.15, 0.2) is 0 Å². The van der Waals surface area contributed by atoms with E-state index in [1.807, 2.05) is 0 Å². The minimum atomic E-state index is -1.31. The van der Waals surface area contributed by atoms with Crippen molar-refractivity contribution in [2.75, 3.05) is 0 Å². The van der Waals surface area contributed by atoms with Crippen molar-refractivity contribution >= 4 is 17.0 Å². The van der Waals surface area contributed by atoms with Gasteiger partial charge < -0.3 is 15.1 Å². The van der Waals surface area contributed by atoms with Crippen LogP contribution in [0.2, 0.25) is 0 Å². The summed E-state index contributed by atoms with van der Waals surface area (Å²) < 4.78 is 14.4. The van der Waals surface area contributed by atoms with Gasteiger partial charge in [0.1, 0.15) is 17.9 Å². The van der Waals surface area contributed by atoms with Crippen LogP contribution in [0.15, 0.2) is 40.1 Å². The van der Waals surface area contributed by atoms with Gasteiger partial charge in [-0.15, -0.1) is 0 Å². The number of hydrogen-bond donors (Lipinski definition) is 3. The molecule has 8 heteroatoms. The molecule has 7 nitrogen and oxygen atoms in total. The molecular formula is C14H10FN3O4. The van der Waals surface area contributed by atoms with E-state index in [-0.39, 0.29) is 16.6 Å². The minimum absolute atomic E-state index is 0.0131. The lowest BCUT2D eigenvalue weighted by molar-refractivity contribution is -0.137. The SMILES string of the molecule is O=C(O)Cn1c(=O)[nH]c2c(-c3ccccc3F)c[nH]c2c1=O. The van der Waals surface area contributed by atoms with Crippen molar-refractivity contribution in [1.29, 1.82) is 0 Å². The van der Waals surface area contributed by atoms with Crippen LogP contribution in [-0.2, 0) is 11.3 Å². The number of rotatable bonds is 3. The van der Waals surface area contributed by atoms with Crippen molar-refractivity contribution in [2.24, 2.45) is 0 Å². The number of H-pyrrole nitrogens is 2. The number of aromatic nitrogens is 3. The minimum Gasteiger partial charge on any atom is -0.480 e. The van der Waals surface area contributed by atoms with Crippen LogP contribution < -0.4 is 11.2 Å². The molecule has 0 saturated carbocycles. The van der Waals surface area contributed by atoms with Crippen molar-refractivity contribution in [3.63, 3.8) is 0 Å². The molecule has 0 aliphatic heterocycles. The number of nitrogens with zero attached hydrogens (tertiary/aromatic N) is 1. The molecule has 3 rings (SSSR count). The van der Waals surface area contributed by atoms with Crippen LogP contribution in [0.4, 0.5) is 4.39 Å². The van der Waals surface area contributed by atoms with Crippen LogP contribution in [0, 0.1) is 5.82 Å². The number of benzene rings is 1. The van der Waals surface area contributed by atoms with Gasteiger partial charge in [-0.3, -0.25) is 9.59 Å². The van der Waals surface area contributed by atoms with Crippen molar-refractivity contribution in [1.82, 2.24) is 14.5 Å². The van der Waals surface area contributed by atoms with E-state index in [4.69, 9.17) is 5.11 Å². The molecule has 0 amide bonds. The normalized spacial score (nSPS) is 11.0. The maximum atomic E-state index is 13.9. The average Bonchev–Trinajstić information content (AvgIpc) is 2.87. The van der Waals surface area contributed by atoms with Crippen LogP contribution in [0.1, 0.15) is 0 Å². The van der Waals surface area contributed by atoms with Gasteiger partial charge in [-0.05, 0) is 6.07 Å². The third-order valence-electron chi connectivity index (χ3n) is 3.27. The first-order chi connectivity index (χ1) is 10.5. The fraction of sp³-hybridized carbons (Fsp3) is 0.0714. The summed E-state index contributed by atoms with van der Waals surface area (Å²) in [4.78, 5) is 39.9. The number of halogens is 1. The second-order valence-corrected chi connectivity index (χ2v) is 4.65. The number of hydrogen-bond acceptors (Lipinski definition) is 3. The number of carbonyl (C=O) groups is 1. The summed E-state index contributed by atoms with van der Waals surface area (Å²) in [6.45, 7) is -0.752. The molecule has 0 spiro atoms. The van der Waals surface area contributed by atoms with Gasteiger partial charge in [-0.25, -0.2) is 13.8 Å². The second kappa shape index (κ2) is 4.99. The number of aliphatic carboxylic acids is 1. The van der Waals surface area contributed by atoms with E-state index >= 15 is 0 Å². The van der Waals surface area contributed by atoms with Gasteiger partial charge in [0.2, 0.25) is 0 Å².